The summed E-state index contributed by atoms with van der Waals surface area (Å²) >= 11 is 0. The summed E-state index contributed by atoms with van der Waals surface area (Å²) in [4.78, 5) is 11.6. The van der Waals surface area contributed by atoms with Gasteiger partial charge >= 0.3 is 0 Å². The number of nitrogens with one attached hydrogen (secondary N) is 1. The van der Waals surface area contributed by atoms with Gasteiger partial charge in [0.25, 0.3) is 5.89 Å². The standard InChI is InChI=1S/C17H23N7O/c1-10(2)24-16-13(8-19-24)12(7-11(3)20-16)17-21-15(22-25-17)14-9-18-5-6-23(14)4/h7-8,10,14,18H,5-6,9H2,1-4H3. The number of hydrogen-bond acceptors (Lipinski definition) is 7. The molecule has 4 rings (SSSR count). The molecule has 1 unspecified atom stereocenters. The first-order valence-electron chi connectivity index (χ1n) is 8.64. The number of aromatic nitrogens is 5. The lowest BCUT2D eigenvalue weighted by molar-refractivity contribution is 0.190. The largest absolute Gasteiger partial charge is 0.334 e. The monoisotopic (exact) mass is 341 g/mol. The van der Waals surface area contributed by atoms with E-state index in [1.807, 2.05) is 23.9 Å². The predicted octanol–water partition coefficient (Wildman–Crippen LogP) is 1.95. The highest BCUT2D eigenvalue weighted by Crippen LogP contribution is 2.30. The molecule has 4 heterocycles. The van der Waals surface area contributed by atoms with E-state index in [9.17, 15) is 0 Å². The molecule has 3 aromatic rings. The number of piperazine rings is 1. The van der Waals surface area contributed by atoms with Gasteiger partial charge in [0.15, 0.2) is 11.5 Å². The average molecular weight is 341 g/mol. The van der Waals surface area contributed by atoms with Crippen molar-refractivity contribution in [1.82, 2.24) is 35.1 Å². The first-order valence-corrected chi connectivity index (χ1v) is 8.64. The van der Waals surface area contributed by atoms with Crippen LogP contribution in [0.15, 0.2) is 16.8 Å². The second-order valence-corrected chi connectivity index (χ2v) is 6.89. The molecule has 0 spiro atoms. The Morgan fingerprint density at radius 3 is 2.92 bits per heavy atom. The van der Waals surface area contributed by atoms with Crippen molar-refractivity contribution in [3.05, 3.63) is 23.8 Å². The van der Waals surface area contributed by atoms with Gasteiger partial charge in [-0.05, 0) is 33.9 Å². The molecule has 1 atom stereocenters. The maximum atomic E-state index is 5.60. The molecule has 0 aromatic carbocycles. The van der Waals surface area contributed by atoms with E-state index in [1.165, 1.54) is 0 Å². The van der Waals surface area contributed by atoms with Crippen LogP contribution in [0.4, 0.5) is 0 Å². The Hall–Kier alpha value is -2.32. The molecule has 0 aliphatic carbocycles. The fourth-order valence-corrected chi connectivity index (χ4v) is 3.27. The lowest BCUT2D eigenvalue weighted by Crippen LogP contribution is -2.44. The SMILES string of the molecule is Cc1cc(-c2nc(C3CNCCN3C)no2)c2cnn(C(C)C)c2n1. The van der Waals surface area contributed by atoms with Crippen molar-refractivity contribution in [3.8, 4) is 11.5 Å². The molecule has 0 bridgehead atoms. The van der Waals surface area contributed by atoms with Crippen LogP contribution in [0.25, 0.3) is 22.5 Å². The zero-order valence-corrected chi connectivity index (χ0v) is 15.0. The molecular weight excluding hydrogens is 318 g/mol. The number of likely N-dealkylation sites (N-methyl/N-ethyl adjacent to an activating group) is 1. The Morgan fingerprint density at radius 1 is 1.32 bits per heavy atom. The zero-order valence-electron chi connectivity index (χ0n) is 15.0. The van der Waals surface area contributed by atoms with Crippen LogP contribution in [0.3, 0.4) is 0 Å². The van der Waals surface area contributed by atoms with E-state index in [1.54, 1.807) is 0 Å². The normalized spacial score (nSPS) is 19.2. The minimum absolute atomic E-state index is 0.128. The van der Waals surface area contributed by atoms with Gasteiger partial charge in [0.05, 0.1) is 23.2 Å². The molecule has 0 saturated carbocycles. The van der Waals surface area contributed by atoms with E-state index in [2.05, 4.69) is 51.3 Å². The van der Waals surface area contributed by atoms with Crippen LogP contribution in [0.5, 0.6) is 0 Å². The smallest absolute Gasteiger partial charge is 0.258 e. The third kappa shape index (κ3) is 2.81. The third-order valence-corrected chi connectivity index (χ3v) is 4.67. The fraction of sp³-hybridized carbons (Fsp3) is 0.529. The van der Waals surface area contributed by atoms with E-state index in [0.29, 0.717) is 11.7 Å². The molecule has 132 valence electrons. The molecule has 0 amide bonds. The summed E-state index contributed by atoms with van der Waals surface area (Å²) < 4.78 is 7.52. The highest BCUT2D eigenvalue weighted by Gasteiger charge is 2.26. The van der Waals surface area contributed by atoms with Crippen LogP contribution < -0.4 is 5.32 Å². The van der Waals surface area contributed by atoms with Crippen molar-refractivity contribution in [3.63, 3.8) is 0 Å². The van der Waals surface area contributed by atoms with Gasteiger partial charge in [-0.1, -0.05) is 5.16 Å². The summed E-state index contributed by atoms with van der Waals surface area (Å²) in [5, 5.41) is 13.0. The van der Waals surface area contributed by atoms with Crippen molar-refractivity contribution in [1.29, 1.82) is 0 Å². The summed E-state index contributed by atoms with van der Waals surface area (Å²) in [7, 11) is 2.09. The van der Waals surface area contributed by atoms with E-state index < -0.39 is 0 Å². The number of nitrogens with zero attached hydrogens (tertiary/aromatic N) is 6. The van der Waals surface area contributed by atoms with Crippen LogP contribution in [0.2, 0.25) is 0 Å². The molecule has 1 N–H and O–H groups in total. The number of aryl methyl sites for hydroxylation is 1. The number of hydrogen-bond donors (Lipinski definition) is 1. The Labute approximate surface area is 146 Å². The second kappa shape index (κ2) is 6.20. The molecule has 8 nitrogen and oxygen atoms in total. The van der Waals surface area contributed by atoms with Crippen LogP contribution >= 0.6 is 0 Å². The number of pyridine rings is 1. The minimum Gasteiger partial charge on any atom is -0.334 e. The Morgan fingerprint density at radius 2 is 2.16 bits per heavy atom. The molecule has 0 radical (unpaired) electrons. The van der Waals surface area contributed by atoms with Crippen LogP contribution in [0, 0.1) is 6.92 Å². The Bertz CT molecular complexity index is 898. The fourth-order valence-electron chi connectivity index (χ4n) is 3.27. The van der Waals surface area contributed by atoms with Crippen LogP contribution in [0.1, 0.15) is 37.4 Å². The summed E-state index contributed by atoms with van der Waals surface area (Å²) in [5.74, 6) is 1.23. The molecule has 1 aliphatic rings. The van der Waals surface area contributed by atoms with E-state index in [4.69, 9.17) is 4.52 Å². The molecule has 25 heavy (non-hydrogen) atoms. The van der Waals surface area contributed by atoms with E-state index in [0.717, 1.165) is 41.9 Å². The quantitative estimate of drug-likeness (QED) is 0.779. The molecule has 1 fully saturated rings. The van der Waals surface area contributed by atoms with Gasteiger partial charge in [0, 0.05) is 31.4 Å². The zero-order chi connectivity index (χ0) is 17.6. The predicted molar refractivity (Wildman–Crippen MR) is 94.2 cm³/mol. The van der Waals surface area contributed by atoms with E-state index >= 15 is 0 Å². The Kier molecular flexibility index (Phi) is 4.01. The average Bonchev–Trinajstić information content (AvgIpc) is 3.21. The van der Waals surface area contributed by atoms with E-state index in [-0.39, 0.29) is 12.1 Å². The topological polar surface area (TPSA) is 84.9 Å². The minimum atomic E-state index is 0.128. The first kappa shape index (κ1) is 16.2. The lowest BCUT2D eigenvalue weighted by Gasteiger charge is -2.30. The van der Waals surface area contributed by atoms with Crippen molar-refractivity contribution >= 4 is 11.0 Å². The highest BCUT2D eigenvalue weighted by molar-refractivity contribution is 5.90. The van der Waals surface area contributed by atoms with Crippen molar-refractivity contribution < 1.29 is 4.52 Å². The maximum Gasteiger partial charge on any atom is 0.258 e. The van der Waals surface area contributed by atoms with Crippen LogP contribution in [-0.2, 0) is 0 Å². The molecule has 8 heteroatoms. The van der Waals surface area contributed by atoms with Gasteiger partial charge in [-0.2, -0.15) is 10.1 Å². The lowest BCUT2D eigenvalue weighted by atomic mass is 10.1. The summed E-state index contributed by atoms with van der Waals surface area (Å²) in [6, 6.07) is 2.34. The molecule has 1 saturated heterocycles. The maximum absolute atomic E-state index is 5.60. The first-order chi connectivity index (χ1) is 12.0. The van der Waals surface area contributed by atoms with Gasteiger partial charge in [-0.25, -0.2) is 9.67 Å². The van der Waals surface area contributed by atoms with Gasteiger partial charge in [-0.3, -0.25) is 4.90 Å². The van der Waals surface area contributed by atoms with Gasteiger partial charge in [-0.15, -0.1) is 0 Å². The summed E-state index contributed by atoms with van der Waals surface area (Å²) in [6.45, 7) is 8.92. The highest BCUT2D eigenvalue weighted by atomic mass is 16.5. The summed E-state index contributed by atoms with van der Waals surface area (Å²) in [5.41, 5.74) is 2.64. The summed E-state index contributed by atoms with van der Waals surface area (Å²) in [6.07, 6.45) is 1.83. The van der Waals surface area contributed by atoms with Gasteiger partial charge in [0.1, 0.15) is 0 Å². The van der Waals surface area contributed by atoms with Crippen molar-refractivity contribution in [2.75, 3.05) is 26.7 Å². The van der Waals surface area contributed by atoms with Crippen molar-refractivity contribution in [2.24, 2.45) is 0 Å². The van der Waals surface area contributed by atoms with Gasteiger partial charge in [0.2, 0.25) is 0 Å². The molecule has 1 aliphatic heterocycles. The second-order valence-electron chi connectivity index (χ2n) is 6.89. The number of rotatable bonds is 3. The Balaban J connectivity index is 1.77. The van der Waals surface area contributed by atoms with Crippen LogP contribution in [-0.4, -0.2) is 56.5 Å². The third-order valence-electron chi connectivity index (χ3n) is 4.67. The van der Waals surface area contributed by atoms with Gasteiger partial charge < -0.3 is 9.84 Å². The molecule has 3 aromatic heterocycles. The number of fused-ring (bicyclic) bond motifs is 1. The van der Waals surface area contributed by atoms with Crippen molar-refractivity contribution in [2.45, 2.75) is 32.9 Å². The molecular formula is C17H23N7O.